The van der Waals surface area contributed by atoms with Gasteiger partial charge in [-0.05, 0) is 24.5 Å². The Labute approximate surface area is 78.5 Å². The third-order valence-corrected chi connectivity index (χ3v) is 2.19. The summed E-state index contributed by atoms with van der Waals surface area (Å²) in [5.74, 6) is 1.80. The largest absolute Gasteiger partial charge is 0.468 e. The minimum Gasteiger partial charge on any atom is -0.468 e. The second-order valence-electron chi connectivity index (χ2n) is 3.30. The molecule has 0 saturated heterocycles. The number of rotatable bonds is 3. The third kappa shape index (κ3) is 2.26. The molecular formula is C9H14ClNO. The van der Waals surface area contributed by atoms with Gasteiger partial charge in [-0.25, -0.2) is 0 Å². The van der Waals surface area contributed by atoms with E-state index in [2.05, 4.69) is 0 Å². The maximum atomic E-state index is 5.89. The summed E-state index contributed by atoms with van der Waals surface area (Å²) in [7, 11) is 0. The predicted molar refractivity (Wildman–Crippen MR) is 50.2 cm³/mol. The molecule has 1 heterocycles. The van der Waals surface area contributed by atoms with Gasteiger partial charge in [0.05, 0.1) is 12.3 Å². The molecule has 2 N–H and O–H groups in total. The van der Waals surface area contributed by atoms with Crippen LogP contribution in [-0.4, -0.2) is 0 Å². The molecule has 0 unspecified atom stereocenters. The standard InChI is InChI=1S/C9H13NO.ClH/c10-8(6-7-3-4-7)9-2-1-5-11-9;/h1-2,5,7-8H,3-4,6,10H2;1H/t8-;/m0./s1. The zero-order chi connectivity index (χ0) is 7.68. The number of hydrogen-bond donors (Lipinski definition) is 1. The van der Waals surface area contributed by atoms with Crippen molar-refractivity contribution in [2.45, 2.75) is 25.3 Å². The summed E-state index contributed by atoms with van der Waals surface area (Å²) < 4.78 is 5.20. The van der Waals surface area contributed by atoms with E-state index in [9.17, 15) is 0 Å². The van der Waals surface area contributed by atoms with E-state index in [4.69, 9.17) is 10.2 Å². The average molecular weight is 188 g/mol. The van der Waals surface area contributed by atoms with E-state index in [1.807, 2.05) is 12.1 Å². The minimum atomic E-state index is 0. The first kappa shape index (κ1) is 9.62. The fourth-order valence-electron chi connectivity index (χ4n) is 1.33. The molecule has 68 valence electrons. The van der Waals surface area contributed by atoms with Crippen molar-refractivity contribution < 1.29 is 4.42 Å². The van der Waals surface area contributed by atoms with E-state index in [0.717, 1.165) is 18.1 Å². The smallest absolute Gasteiger partial charge is 0.120 e. The lowest BCUT2D eigenvalue weighted by Gasteiger charge is -2.05. The van der Waals surface area contributed by atoms with Gasteiger partial charge in [0.25, 0.3) is 0 Å². The maximum absolute atomic E-state index is 5.89. The number of halogens is 1. The molecule has 0 aromatic carbocycles. The van der Waals surface area contributed by atoms with Crippen LogP contribution >= 0.6 is 12.4 Å². The molecule has 1 fully saturated rings. The molecule has 0 bridgehead atoms. The fourth-order valence-corrected chi connectivity index (χ4v) is 1.33. The molecule has 0 spiro atoms. The van der Waals surface area contributed by atoms with Gasteiger partial charge in [0.2, 0.25) is 0 Å². The van der Waals surface area contributed by atoms with Gasteiger partial charge in [-0.2, -0.15) is 0 Å². The lowest BCUT2D eigenvalue weighted by atomic mass is 10.1. The molecule has 3 heteroatoms. The first-order valence-corrected chi connectivity index (χ1v) is 4.15. The molecule has 0 aliphatic heterocycles. The normalized spacial score (nSPS) is 18.4. The summed E-state index contributed by atoms with van der Waals surface area (Å²) in [6, 6.07) is 3.97. The Balaban J connectivity index is 0.000000720. The van der Waals surface area contributed by atoms with E-state index < -0.39 is 0 Å². The summed E-state index contributed by atoms with van der Waals surface area (Å²) >= 11 is 0. The van der Waals surface area contributed by atoms with Crippen molar-refractivity contribution in [1.82, 2.24) is 0 Å². The number of nitrogens with two attached hydrogens (primary N) is 1. The molecule has 2 nitrogen and oxygen atoms in total. The molecule has 1 atom stereocenters. The van der Waals surface area contributed by atoms with Crippen LogP contribution in [-0.2, 0) is 0 Å². The molecule has 2 rings (SSSR count). The van der Waals surface area contributed by atoms with Crippen molar-refractivity contribution in [1.29, 1.82) is 0 Å². The summed E-state index contributed by atoms with van der Waals surface area (Å²) in [6.45, 7) is 0. The van der Waals surface area contributed by atoms with Crippen LogP contribution in [0.1, 0.15) is 31.1 Å². The van der Waals surface area contributed by atoms with Crippen molar-refractivity contribution in [3.63, 3.8) is 0 Å². The van der Waals surface area contributed by atoms with Gasteiger partial charge in [0.15, 0.2) is 0 Å². The van der Waals surface area contributed by atoms with Crippen LogP contribution < -0.4 is 5.73 Å². The summed E-state index contributed by atoms with van der Waals surface area (Å²) in [5.41, 5.74) is 5.89. The van der Waals surface area contributed by atoms with Gasteiger partial charge in [-0.3, -0.25) is 0 Å². The second-order valence-corrected chi connectivity index (χ2v) is 3.30. The van der Waals surface area contributed by atoms with Crippen molar-refractivity contribution in [2.24, 2.45) is 11.7 Å². The van der Waals surface area contributed by atoms with Crippen LogP contribution in [0.25, 0.3) is 0 Å². The topological polar surface area (TPSA) is 39.2 Å². The highest BCUT2D eigenvalue weighted by atomic mass is 35.5. The second kappa shape index (κ2) is 3.97. The van der Waals surface area contributed by atoms with Gasteiger partial charge in [-0.1, -0.05) is 12.8 Å². The van der Waals surface area contributed by atoms with Crippen LogP contribution in [0.4, 0.5) is 0 Å². The Kier molecular flexibility index (Phi) is 3.18. The van der Waals surface area contributed by atoms with Crippen molar-refractivity contribution >= 4 is 12.4 Å². The van der Waals surface area contributed by atoms with Gasteiger partial charge in [-0.15, -0.1) is 12.4 Å². The van der Waals surface area contributed by atoms with Gasteiger partial charge in [0.1, 0.15) is 5.76 Å². The lowest BCUT2D eigenvalue weighted by molar-refractivity contribution is 0.440. The number of furan rings is 1. The highest BCUT2D eigenvalue weighted by molar-refractivity contribution is 5.85. The van der Waals surface area contributed by atoms with Gasteiger partial charge in [0, 0.05) is 0 Å². The Morgan fingerprint density at radius 1 is 1.58 bits per heavy atom. The molecule has 0 amide bonds. The Bertz CT molecular complexity index is 218. The Morgan fingerprint density at radius 3 is 2.83 bits per heavy atom. The van der Waals surface area contributed by atoms with E-state index >= 15 is 0 Å². The lowest BCUT2D eigenvalue weighted by Crippen LogP contribution is -2.09. The van der Waals surface area contributed by atoms with Gasteiger partial charge < -0.3 is 10.2 Å². The first-order chi connectivity index (χ1) is 5.36. The molecule has 0 radical (unpaired) electrons. The first-order valence-electron chi connectivity index (χ1n) is 4.15. The number of hydrogen-bond acceptors (Lipinski definition) is 2. The van der Waals surface area contributed by atoms with E-state index in [1.54, 1.807) is 6.26 Å². The predicted octanol–water partition coefficient (Wildman–Crippen LogP) is 2.50. The maximum Gasteiger partial charge on any atom is 0.120 e. The summed E-state index contributed by atoms with van der Waals surface area (Å²) in [6.07, 6.45) is 5.48. The minimum absolute atomic E-state index is 0. The zero-order valence-corrected chi connectivity index (χ0v) is 7.72. The zero-order valence-electron chi connectivity index (χ0n) is 6.90. The van der Waals surface area contributed by atoms with Crippen LogP contribution in [0.3, 0.4) is 0 Å². The molecule has 1 saturated carbocycles. The van der Waals surface area contributed by atoms with Crippen molar-refractivity contribution in [2.75, 3.05) is 0 Å². The van der Waals surface area contributed by atoms with Crippen LogP contribution in [0.15, 0.2) is 22.8 Å². The highest BCUT2D eigenvalue weighted by Gasteiger charge is 2.25. The molecule has 1 aromatic rings. The summed E-state index contributed by atoms with van der Waals surface area (Å²) in [5, 5.41) is 0. The quantitative estimate of drug-likeness (QED) is 0.790. The van der Waals surface area contributed by atoms with E-state index in [1.165, 1.54) is 12.8 Å². The monoisotopic (exact) mass is 187 g/mol. The molecular weight excluding hydrogens is 174 g/mol. The molecule has 1 aliphatic carbocycles. The van der Waals surface area contributed by atoms with Crippen LogP contribution in [0.2, 0.25) is 0 Å². The molecule has 12 heavy (non-hydrogen) atoms. The average Bonchev–Trinajstić information content (AvgIpc) is 2.67. The van der Waals surface area contributed by atoms with E-state index in [0.29, 0.717) is 0 Å². The van der Waals surface area contributed by atoms with Crippen LogP contribution in [0, 0.1) is 5.92 Å². The summed E-state index contributed by atoms with van der Waals surface area (Å²) in [4.78, 5) is 0. The highest BCUT2D eigenvalue weighted by Crippen LogP contribution is 2.36. The Hall–Kier alpha value is -0.470. The van der Waals surface area contributed by atoms with Crippen LogP contribution in [0.5, 0.6) is 0 Å². The Morgan fingerprint density at radius 2 is 2.33 bits per heavy atom. The van der Waals surface area contributed by atoms with E-state index in [-0.39, 0.29) is 18.4 Å². The van der Waals surface area contributed by atoms with Crippen molar-refractivity contribution in [3.05, 3.63) is 24.2 Å². The SMILES string of the molecule is Cl.N[C@@H](CC1CC1)c1ccco1. The van der Waals surface area contributed by atoms with Gasteiger partial charge >= 0.3 is 0 Å². The molecule has 1 aromatic heterocycles. The molecule has 1 aliphatic rings. The fraction of sp³-hybridized carbons (Fsp3) is 0.556. The van der Waals surface area contributed by atoms with Crippen molar-refractivity contribution in [3.8, 4) is 0 Å². The third-order valence-electron chi connectivity index (χ3n) is 2.19.